The van der Waals surface area contributed by atoms with Gasteiger partial charge in [0, 0.05) is 19.2 Å². The lowest BCUT2D eigenvalue weighted by molar-refractivity contribution is -0.384. The van der Waals surface area contributed by atoms with E-state index in [1.165, 1.54) is 4.90 Å². The fourth-order valence-corrected chi connectivity index (χ4v) is 1.72. The Morgan fingerprint density at radius 3 is 2.53 bits per heavy atom. The summed E-state index contributed by atoms with van der Waals surface area (Å²) in [4.78, 5) is 25.4. The van der Waals surface area contributed by atoms with Crippen molar-refractivity contribution in [2.24, 2.45) is 0 Å². The molecular formula is C9H11N3O5. The van der Waals surface area contributed by atoms with Crippen molar-refractivity contribution in [3.63, 3.8) is 0 Å². The number of amides is 1. The number of carbonyl (C=O) groups is 1. The zero-order chi connectivity index (χ0) is 12.6. The van der Waals surface area contributed by atoms with Crippen molar-refractivity contribution in [2.45, 2.75) is 12.2 Å². The largest absolute Gasteiger partial charge is 0.388 e. The molecule has 0 spiro atoms. The van der Waals surface area contributed by atoms with Crippen LogP contribution < -0.4 is 0 Å². The summed E-state index contributed by atoms with van der Waals surface area (Å²) < 4.78 is 0. The summed E-state index contributed by atoms with van der Waals surface area (Å²) in [5.41, 5.74) is -0.133. The van der Waals surface area contributed by atoms with Crippen LogP contribution in [0.15, 0.2) is 12.3 Å². The van der Waals surface area contributed by atoms with Gasteiger partial charge in [-0.1, -0.05) is 0 Å². The first kappa shape index (κ1) is 11.6. The summed E-state index contributed by atoms with van der Waals surface area (Å²) in [7, 11) is 0. The molecule has 17 heavy (non-hydrogen) atoms. The standard InChI is InChI=1S/C9H11N3O5/c13-7-3-11(4-8(7)14)9(15)6-1-5(2-10-6)12(16)17/h1-2,7-8,10,13-14H,3-4H2. The molecule has 1 saturated heterocycles. The van der Waals surface area contributed by atoms with Crippen LogP contribution in [0, 0.1) is 10.1 Å². The van der Waals surface area contributed by atoms with Crippen molar-refractivity contribution >= 4 is 11.6 Å². The predicted molar refractivity (Wildman–Crippen MR) is 55.4 cm³/mol. The monoisotopic (exact) mass is 241 g/mol. The molecule has 0 aromatic carbocycles. The average molecular weight is 241 g/mol. The summed E-state index contributed by atoms with van der Waals surface area (Å²) in [6.07, 6.45) is -0.816. The van der Waals surface area contributed by atoms with Gasteiger partial charge in [0.1, 0.15) is 5.69 Å². The van der Waals surface area contributed by atoms with Crippen LogP contribution in [0.4, 0.5) is 5.69 Å². The van der Waals surface area contributed by atoms with Crippen LogP contribution in [0.2, 0.25) is 0 Å². The Labute approximate surface area is 95.6 Å². The van der Waals surface area contributed by atoms with Gasteiger partial charge >= 0.3 is 0 Å². The molecule has 1 aromatic heterocycles. The van der Waals surface area contributed by atoms with Crippen molar-refractivity contribution in [1.82, 2.24) is 9.88 Å². The molecule has 0 bridgehead atoms. The minimum Gasteiger partial charge on any atom is -0.388 e. The number of nitrogens with one attached hydrogen (secondary N) is 1. The second kappa shape index (κ2) is 4.15. The lowest BCUT2D eigenvalue weighted by Gasteiger charge is -2.13. The second-order valence-electron chi connectivity index (χ2n) is 3.87. The quantitative estimate of drug-likeness (QED) is 0.458. The summed E-state index contributed by atoms with van der Waals surface area (Å²) in [6.45, 7) is 0.0413. The fraction of sp³-hybridized carbons (Fsp3) is 0.444. The summed E-state index contributed by atoms with van der Waals surface area (Å²) in [5, 5.41) is 29.0. The Bertz CT molecular complexity index is 447. The first-order valence-electron chi connectivity index (χ1n) is 4.97. The third-order valence-corrected chi connectivity index (χ3v) is 2.66. The van der Waals surface area contributed by atoms with E-state index in [1.54, 1.807) is 0 Å². The van der Waals surface area contributed by atoms with Gasteiger partial charge in [-0.15, -0.1) is 0 Å². The number of aromatic amines is 1. The number of carbonyl (C=O) groups excluding carboxylic acids is 1. The second-order valence-corrected chi connectivity index (χ2v) is 3.87. The molecule has 2 unspecified atom stereocenters. The molecule has 2 rings (SSSR count). The Hall–Kier alpha value is -1.93. The van der Waals surface area contributed by atoms with E-state index in [-0.39, 0.29) is 24.5 Å². The zero-order valence-electron chi connectivity index (χ0n) is 8.74. The molecule has 8 heteroatoms. The molecule has 2 atom stereocenters. The van der Waals surface area contributed by atoms with E-state index in [9.17, 15) is 25.1 Å². The third-order valence-electron chi connectivity index (χ3n) is 2.66. The molecule has 1 aromatic rings. The SMILES string of the molecule is O=C(c1cc([N+](=O)[O-])c[nH]1)N1CC(O)C(O)C1. The Morgan fingerprint density at radius 1 is 1.47 bits per heavy atom. The lowest BCUT2D eigenvalue weighted by atomic mass is 10.3. The minimum atomic E-state index is -0.969. The zero-order valence-corrected chi connectivity index (χ0v) is 8.74. The van der Waals surface area contributed by atoms with Crippen LogP contribution >= 0.6 is 0 Å². The van der Waals surface area contributed by atoms with Gasteiger partial charge in [-0.2, -0.15) is 0 Å². The van der Waals surface area contributed by atoms with Crippen LogP contribution in [0.5, 0.6) is 0 Å². The van der Waals surface area contributed by atoms with Crippen LogP contribution in [0.1, 0.15) is 10.5 Å². The van der Waals surface area contributed by atoms with Gasteiger partial charge in [-0.25, -0.2) is 0 Å². The maximum Gasteiger partial charge on any atom is 0.287 e. The highest BCUT2D eigenvalue weighted by atomic mass is 16.6. The lowest BCUT2D eigenvalue weighted by Crippen LogP contribution is -2.30. The van der Waals surface area contributed by atoms with E-state index >= 15 is 0 Å². The fourth-order valence-electron chi connectivity index (χ4n) is 1.72. The number of hydrogen-bond donors (Lipinski definition) is 3. The van der Waals surface area contributed by atoms with Crippen LogP contribution in [-0.2, 0) is 0 Å². The molecule has 1 amide bonds. The molecule has 0 saturated carbocycles. The molecule has 1 fully saturated rings. The Morgan fingerprint density at radius 2 is 2.06 bits per heavy atom. The van der Waals surface area contributed by atoms with Crippen LogP contribution in [0.25, 0.3) is 0 Å². The molecule has 0 radical (unpaired) electrons. The number of nitrogens with zero attached hydrogens (tertiary/aromatic N) is 2. The number of aliphatic hydroxyl groups is 2. The van der Waals surface area contributed by atoms with Gasteiger partial charge in [-0.05, 0) is 0 Å². The smallest absolute Gasteiger partial charge is 0.287 e. The predicted octanol–water partition coefficient (Wildman–Crippen LogP) is -0.900. The Balaban J connectivity index is 2.12. The third kappa shape index (κ3) is 2.12. The normalized spacial score (nSPS) is 24.0. The number of aromatic nitrogens is 1. The van der Waals surface area contributed by atoms with E-state index in [1.807, 2.05) is 0 Å². The van der Waals surface area contributed by atoms with Gasteiger partial charge in [0.25, 0.3) is 11.6 Å². The highest BCUT2D eigenvalue weighted by Gasteiger charge is 2.33. The number of rotatable bonds is 2. The number of hydrogen-bond acceptors (Lipinski definition) is 5. The van der Waals surface area contributed by atoms with E-state index in [4.69, 9.17) is 0 Å². The van der Waals surface area contributed by atoms with E-state index in [0.29, 0.717) is 0 Å². The first-order valence-corrected chi connectivity index (χ1v) is 4.97. The van der Waals surface area contributed by atoms with Crippen molar-refractivity contribution < 1.29 is 19.9 Å². The van der Waals surface area contributed by atoms with Gasteiger partial charge in [0.2, 0.25) is 0 Å². The summed E-state index contributed by atoms with van der Waals surface area (Å²) >= 11 is 0. The number of β-amino-alcohol motifs (C(OH)–C–C–N with tert-alkyl or cyclic N) is 2. The highest BCUT2D eigenvalue weighted by Crippen LogP contribution is 2.17. The van der Waals surface area contributed by atoms with Crippen molar-refractivity contribution in [3.8, 4) is 0 Å². The number of H-pyrrole nitrogens is 1. The molecule has 3 N–H and O–H groups in total. The van der Waals surface area contributed by atoms with E-state index in [2.05, 4.69) is 4.98 Å². The summed E-state index contributed by atoms with van der Waals surface area (Å²) in [6, 6.07) is 1.12. The molecular weight excluding hydrogens is 230 g/mol. The summed E-state index contributed by atoms with van der Waals surface area (Å²) in [5.74, 6) is -0.478. The number of aliphatic hydroxyl groups excluding tert-OH is 2. The Kier molecular flexibility index (Phi) is 2.82. The van der Waals surface area contributed by atoms with Crippen molar-refractivity contribution in [2.75, 3.05) is 13.1 Å². The molecule has 0 aliphatic carbocycles. The average Bonchev–Trinajstić information content (AvgIpc) is 2.86. The number of nitro groups is 1. The molecule has 92 valence electrons. The molecule has 1 aliphatic rings. The van der Waals surface area contributed by atoms with Gasteiger partial charge < -0.3 is 20.1 Å². The first-order chi connectivity index (χ1) is 7.99. The van der Waals surface area contributed by atoms with Gasteiger partial charge in [0.15, 0.2) is 0 Å². The van der Waals surface area contributed by atoms with Crippen molar-refractivity contribution in [3.05, 3.63) is 28.1 Å². The molecule has 2 heterocycles. The maximum atomic E-state index is 11.8. The van der Waals surface area contributed by atoms with E-state index in [0.717, 1.165) is 12.3 Å². The van der Waals surface area contributed by atoms with Crippen LogP contribution in [-0.4, -0.2) is 56.2 Å². The van der Waals surface area contributed by atoms with Gasteiger partial charge in [0.05, 0.1) is 23.3 Å². The highest BCUT2D eigenvalue weighted by molar-refractivity contribution is 5.93. The maximum absolute atomic E-state index is 11.8. The van der Waals surface area contributed by atoms with Crippen LogP contribution in [0.3, 0.4) is 0 Å². The van der Waals surface area contributed by atoms with Crippen molar-refractivity contribution in [1.29, 1.82) is 0 Å². The molecule has 8 nitrogen and oxygen atoms in total. The number of likely N-dealkylation sites (tertiary alicyclic amines) is 1. The van der Waals surface area contributed by atoms with Gasteiger partial charge in [-0.3, -0.25) is 14.9 Å². The minimum absolute atomic E-state index is 0.0207. The molecule has 1 aliphatic heterocycles. The van der Waals surface area contributed by atoms with E-state index < -0.39 is 23.0 Å². The topological polar surface area (TPSA) is 120 Å².